The van der Waals surface area contributed by atoms with Crippen molar-refractivity contribution in [2.24, 2.45) is 4.99 Å². The van der Waals surface area contributed by atoms with Gasteiger partial charge >= 0.3 is 0 Å². The SMILES string of the molecule is COCCCN(C)CCNC(=NCC1CCCO1)NCCc1ccco1.I. The third-order valence-corrected chi connectivity index (χ3v) is 4.40. The molecule has 1 unspecified atom stereocenters. The molecule has 27 heavy (non-hydrogen) atoms. The lowest BCUT2D eigenvalue weighted by atomic mass is 10.2. The molecule has 2 rings (SSSR count). The predicted octanol–water partition coefficient (Wildman–Crippen LogP) is 2.12. The van der Waals surface area contributed by atoms with Crippen LogP contribution >= 0.6 is 24.0 Å². The first-order valence-electron chi connectivity index (χ1n) is 9.61. The highest BCUT2D eigenvalue weighted by molar-refractivity contribution is 14.0. The number of hydrogen-bond acceptors (Lipinski definition) is 5. The summed E-state index contributed by atoms with van der Waals surface area (Å²) in [4.78, 5) is 7.00. The fourth-order valence-corrected chi connectivity index (χ4v) is 2.87. The number of rotatable bonds is 12. The number of nitrogens with one attached hydrogen (secondary N) is 2. The van der Waals surface area contributed by atoms with Crippen molar-refractivity contribution >= 4 is 29.9 Å². The summed E-state index contributed by atoms with van der Waals surface area (Å²) in [5.74, 6) is 1.83. The van der Waals surface area contributed by atoms with E-state index in [2.05, 4.69) is 22.6 Å². The summed E-state index contributed by atoms with van der Waals surface area (Å²) < 4.78 is 16.1. The Kier molecular flexibility index (Phi) is 13.6. The van der Waals surface area contributed by atoms with Crippen LogP contribution < -0.4 is 10.6 Å². The van der Waals surface area contributed by atoms with Gasteiger partial charge in [-0.15, -0.1) is 24.0 Å². The Balaban J connectivity index is 0.00000364. The van der Waals surface area contributed by atoms with Crippen LogP contribution in [0.5, 0.6) is 0 Å². The molecule has 1 aliphatic heterocycles. The highest BCUT2D eigenvalue weighted by atomic mass is 127. The van der Waals surface area contributed by atoms with E-state index in [0.29, 0.717) is 6.54 Å². The molecule has 0 aromatic carbocycles. The number of ether oxygens (including phenoxy) is 2. The van der Waals surface area contributed by atoms with Gasteiger partial charge in [-0.25, -0.2) is 0 Å². The monoisotopic (exact) mass is 494 g/mol. The van der Waals surface area contributed by atoms with Gasteiger partial charge in [0, 0.05) is 52.9 Å². The van der Waals surface area contributed by atoms with Gasteiger partial charge in [-0.1, -0.05) is 0 Å². The number of methoxy groups -OCH3 is 1. The van der Waals surface area contributed by atoms with Crippen LogP contribution in [0.3, 0.4) is 0 Å². The molecule has 7 nitrogen and oxygen atoms in total. The quantitative estimate of drug-likeness (QED) is 0.201. The smallest absolute Gasteiger partial charge is 0.191 e. The predicted molar refractivity (Wildman–Crippen MR) is 119 cm³/mol. The molecule has 1 saturated heterocycles. The molecule has 1 aromatic heterocycles. The fourth-order valence-electron chi connectivity index (χ4n) is 2.87. The largest absolute Gasteiger partial charge is 0.469 e. The molecule has 0 saturated carbocycles. The van der Waals surface area contributed by atoms with Crippen LogP contribution in [0.4, 0.5) is 0 Å². The van der Waals surface area contributed by atoms with Crippen molar-refractivity contribution in [2.45, 2.75) is 31.8 Å². The summed E-state index contributed by atoms with van der Waals surface area (Å²) in [5, 5.41) is 6.82. The first-order valence-corrected chi connectivity index (χ1v) is 9.61. The zero-order valence-corrected chi connectivity index (χ0v) is 18.9. The van der Waals surface area contributed by atoms with Crippen LogP contribution in [-0.4, -0.2) is 77.1 Å². The summed E-state index contributed by atoms with van der Waals surface area (Å²) >= 11 is 0. The number of aliphatic imine (C=N–C) groups is 1. The van der Waals surface area contributed by atoms with E-state index < -0.39 is 0 Å². The van der Waals surface area contributed by atoms with Crippen LogP contribution in [0.1, 0.15) is 25.0 Å². The lowest BCUT2D eigenvalue weighted by molar-refractivity contribution is 0.117. The van der Waals surface area contributed by atoms with Gasteiger partial charge in [-0.3, -0.25) is 4.99 Å². The van der Waals surface area contributed by atoms with Crippen LogP contribution in [-0.2, 0) is 15.9 Å². The van der Waals surface area contributed by atoms with Crippen molar-refractivity contribution in [1.82, 2.24) is 15.5 Å². The molecule has 8 heteroatoms. The van der Waals surface area contributed by atoms with Gasteiger partial charge in [0.15, 0.2) is 5.96 Å². The Morgan fingerprint density at radius 2 is 2.19 bits per heavy atom. The molecule has 0 spiro atoms. The van der Waals surface area contributed by atoms with Crippen molar-refractivity contribution in [3.05, 3.63) is 24.2 Å². The second-order valence-corrected chi connectivity index (χ2v) is 6.66. The van der Waals surface area contributed by atoms with Gasteiger partial charge in [0.2, 0.25) is 0 Å². The van der Waals surface area contributed by atoms with Gasteiger partial charge in [-0.05, 0) is 38.4 Å². The summed E-state index contributed by atoms with van der Waals surface area (Å²) in [7, 11) is 3.87. The lowest BCUT2D eigenvalue weighted by Gasteiger charge is -2.18. The van der Waals surface area contributed by atoms with E-state index >= 15 is 0 Å². The summed E-state index contributed by atoms with van der Waals surface area (Å²) in [5.41, 5.74) is 0. The van der Waals surface area contributed by atoms with Crippen molar-refractivity contribution in [3.8, 4) is 0 Å². The second-order valence-electron chi connectivity index (χ2n) is 6.66. The maximum atomic E-state index is 5.67. The summed E-state index contributed by atoms with van der Waals surface area (Å²) in [6.45, 7) is 6.00. The number of halogens is 1. The molecule has 1 atom stereocenters. The van der Waals surface area contributed by atoms with Crippen LogP contribution in [0.15, 0.2) is 27.8 Å². The van der Waals surface area contributed by atoms with Crippen molar-refractivity contribution in [1.29, 1.82) is 0 Å². The Hall–Kier alpha value is -0.840. The van der Waals surface area contributed by atoms with E-state index in [1.54, 1.807) is 13.4 Å². The Bertz CT molecular complexity index is 493. The van der Waals surface area contributed by atoms with E-state index in [1.165, 1.54) is 0 Å². The van der Waals surface area contributed by atoms with E-state index in [9.17, 15) is 0 Å². The van der Waals surface area contributed by atoms with E-state index in [1.807, 2.05) is 12.1 Å². The number of likely N-dealkylation sites (N-methyl/N-ethyl adjacent to an activating group) is 1. The fraction of sp³-hybridized carbons (Fsp3) is 0.737. The highest BCUT2D eigenvalue weighted by Crippen LogP contribution is 2.11. The Morgan fingerprint density at radius 3 is 2.89 bits per heavy atom. The third-order valence-electron chi connectivity index (χ3n) is 4.40. The minimum absolute atomic E-state index is 0. The molecule has 1 aliphatic rings. The maximum Gasteiger partial charge on any atom is 0.191 e. The first kappa shape index (κ1) is 24.2. The molecule has 0 bridgehead atoms. The Morgan fingerprint density at radius 1 is 1.33 bits per heavy atom. The van der Waals surface area contributed by atoms with E-state index in [-0.39, 0.29) is 30.1 Å². The molecule has 0 amide bonds. The number of hydrogen-bond donors (Lipinski definition) is 2. The minimum Gasteiger partial charge on any atom is -0.469 e. The molecule has 2 N–H and O–H groups in total. The second kappa shape index (κ2) is 15.1. The highest BCUT2D eigenvalue weighted by Gasteiger charge is 2.15. The van der Waals surface area contributed by atoms with Gasteiger partial charge in [0.05, 0.1) is 18.9 Å². The zero-order valence-electron chi connectivity index (χ0n) is 16.6. The molecule has 2 heterocycles. The number of furan rings is 1. The molecule has 1 aromatic rings. The van der Waals surface area contributed by atoms with Crippen LogP contribution in [0, 0.1) is 0 Å². The average molecular weight is 494 g/mol. The van der Waals surface area contributed by atoms with Crippen LogP contribution in [0.25, 0.3) is 0 Å². The van der Waals surface area contributed by atoms with Gasteiger partial charge in [-0.2, -0.15) is 0 Å². The molecule has 0 radical (unpaired) electrons. The maximum absolute atomic E-state index is 5.67. The molecular weight excluding hydrogens is 459 g/mol. The van der Waals surface area contributed by atoms with Gasteiger partial charge in [0.25, 0.3) is 0 Å². The Labute approximate surface area is 180 Å². The third kappa shape index (κ3) is 10.9. The van der Waals surface area contributed by atoms with Crippen molar-refractivity contribution in [2.75, 3.05) is 60.1 Å². The van der Waals surface area contributed by atoms with Crippen molar-refractivity contribution in [3.63, 3.8) is 0 Å². The van der Waals surface area contributed by atoms with E-state index in [0.717, 1.165) is 76.8 Å². The number of guanidine groups is 1. The standard InChI is InChI=1S/C19H34N4O3.HI/c1-23(11-5-13-24-2)12-10-21-19(22-16-18-7-4-15-26-18)20-9-8-17-6-3-14-25-17;/h3,6,14,18H,4-5,7-13,15-16H2,1-2H3,(H2,20,21,22);1H. The molecular formula is C19H35IN4O3. The van der Waals surface area contributed by atoms with E-state index in [4.69, 9.17) is 18.9 Å². The topological polar surface area (TPSA) is 71.3 Å². The molecule has 156 valence electrons. The first-order chi connectivity index (χ1) is 12.8. The van der Waals surface area contributed by atoms with Crippen LogP contribution in [0.2, 0.25) is 0 Å². The average Bonchev–Trinajstić information content (AvgIpc) is 3.33. The minimum atomic E-state index is 0. The molecule has 1 fully saturated rings. The normalized spacial score (nSPS) is 17.1. The number of nitrogens with zero attached hydrogens (tertiary/aromatic N) is 2. The zero-order chi connectivity index (χ0) is 18.5. The van der Waals surface area contributed by atoms with Crippen molar-refractivity contribution < 1.29 is 13.9 Å². The summed E-state index contributed by atoms with van der Waals surface area (Å²) in [6.07, 6.45) is 6.10. The lowest BCUT2D eigenvalue weighted by Crippen LogP contribution is -2.42. The summed E-state index contributed by atoms with van der Waals surface area (Å²) in [6, 6.07) is 3.91. The molecule has 0 aliphatic carbocycles. The van der Waals surface area contributed by atoms with Gasteiger partial charge in [0.1, 0.15) is 5.76 Å². The van der Waals surface area contributed by atoms with Gasteiger partial charge < -0.3 is 29.4 Å².